The Morgan fingerprint density at radius 3 is 2.55 bits per heavy atom. The molecule has 0 bridgehead atoms. The largest absolute Gasteiger partial charge is 0.460 e. The molecule has 0 aliphatic heterocycles. The number of nitrogens with one attached hydrogen (secondary N) is 1. The van der Waals surface area contributed by atoms with Crippen LogP contribution in [0.5, 0.6) is 0 Å². The van der Waals surface area contributed by atoms with Gasteiger partial charge in [-0.3, -0.25) is 4.98 Å². The first-order valence-electron chi connectivity index (χ1n) is 7.14. The number of aromatic nitrogens is 1. The second-order valence-electron chi connectivity index (χ2n) is 5.06. The first-order chi connectivity index (χ1) is 10.9. The van der Waals surface area contributed by atoms with Gasteiger partial charge in [0.1, 0.15) is 6.26 Å². The summed E-state index contributed by atoms with van der Waals surface area (Å²) >= 11 is 0. The fraction of sp³-hybridized carbons (Fsp3) is 0. The highest BCUT2D eigenvalue weighted by atomic mass is 16.3. The third-order valence-corrected chi connectivity index (χ3v) is 3.66. The van der Waals surface area contributed by atoms with Crippen LogP contribution >= 0.6 is 0 Å². The number of rotatable bonds is 3. The lowest BCUT2D eigenvalue weighted by molar-refractivity contribution is 0.615. The molecule has 0 aliphatic rings. The molecule has 106 valence electrons. The molecule has 3 nitrogen and oxygen atoms in total. The van der Waals surface area contributed by atoms with Crippen LogP contribution in [0.15, 0.2) is 83.7 Å². The van der Waals surface area contributed by atoms with Crippen LogP contribution in [0.3, 0.4) is 0 Å². The molecule has 0 amide bonds. The van der Waals surface area contributed by atoms with Gasteiger partial charge in [-0.15, -0.1) is 0 Å². The lowest BCUT2D eigenvalue weighted by atomic mass is 10.0. The molecular weight excluding hydrogens is 272 g/mol. The van der Waals surface area contributed by atoms with E-state index in [0.29, 0.717) is 0 Å². The molecule has 2 aromatic carbocycles. The third kappa shape index (κ3) is 2.23. The molecule has 0 atom stereocenters. The zero-order valence-electron chi connectivity index (χ0n) is 11.9. The van der Waals surface area contributed by atoms with Crippen LogP contribution < -0.4 is 5.32 Å². The average molecular weight is 286 g/mol. The maximum Gasteiger partial charge on any atom is 0.154 e. The molecule has 0 radical (unpaired) electrons. The molecule has 2 aromatic heterocycles. The number of fused-ring (bicyclic) bond motifs is 1. The van der Waals surface area contributed by atoms with E-state index in [9.17, 15) is 0 Å². The van der Waals surface area contributed by atoms with Gasteiger partial charge in [-0.2, -0.15) is 0 Å². The van der Waals surface area contributed by atoms with Gasteiger partial charge in [0.05, 0.1) is 11.9 Å². The topological polar surface area (TPSA) is 38.1 Å². The van der Waals surface area contributed by atoms with Crippen LogP contribution in [-0.4, -0.2) is 4.98 Å². The number of furan rings is 1. The van der Waals surface area contributed by atoms with Gasteiger partial charge in [0, 0.05) is 22.8 Å². The van der Waals surface area contributed by atoms with Gasteiger partial charge in [0.2, 0.25) is 0 Å². The minimum atomic E-state index is 0.780. The van der Waals surface area contributed by atoms with Gasteiger partial charge >= 0.3 is 0 Å². The molecule has 4 aromatic rings. The highest BCUT2D eigenvalue weighted by Gasteiger charge is 2.09. The van der Waals surface area contributed by atoms with E-state index in [1.54, 1.807) is 18.7 Å². The van der Waals surface area contributed by atoms with Crippen molar-refractivity contribution >= 4 is 22.3 Å². The summed E-state index contributed by atoms with van der Waals surface area (Å²) in [6.07, 6.45) is 5.23. The molecule has 0 unspecified atom stereocenters. The number of anilines is 2. The van der Waals surface area contributed by atoms with E-state index < -0.39 is 0 Å². The normalized spacial score (nSPS) is 10.7. The van der Waals surface area contributed by atoms with Crippen molar-refractivity contribution in [3.8, 4) is 11.1 Å². The SMILES string of the molecule is c1ccc(-c2ccccc2Nc2coc3cnccc23)cc1. The van der Waals surface area contributed by atoms with E-state index in [1.165, 1.54) is 5.56 Å². The second kappa shape index (κ2) is 5.37. The van der Waals surface area contributed by atoms with Crippen LogP contribution in [0.1, 0.15) is 0 Å². The Labute approximate surface area is 128 Å². The second-order valence-corrected chi connectivity index (χ2v) is 5.06. The van der Waals surface area contributed by atoms with Crippen molar-refractivity contribution in [3.05, 3.63) is 79.3 Å². The maximum absolute atomic E-state index is 5.54. The molecule has 2 heterocycles. The molecule has 0 fully saturated rings. The Morgan fingerprint density at radius 1 is 0.818 bits per heavy atom. The smallest absolute Gasteiger partial charge is 0.154 e. The van der Waals surface area contributed by atoms with Gasteiger partial charge in [-0.25, -0.2) is 0 Å². The fourth-order valence-electron chi connectivity index (χ4n) is 2.59. The van der Waals surface area contributed by atoms with E-state index >= 15 is 0 Å². The van der Waals surface area contributed by atoms with Gasteiger partial charge in [-0.05, 0) is 17.7 Å². The summed E-state index contributed by atoms with van der Waals surface area (Å²) < 4.78 is 5.54. The Hall–Kier alpha value is -3.07. The van der Waals surface area contributed by atoms with E-state index in [0.717, 1.165) is 27.9 Å². The van der Waals surface area contributed by atoms with Crippen LogP contribution in [0.2, 0.25) is 0 Å². The van der Waals surface area contributed by atoms with E-state index in [1.807, 2.05) is 36.4 Å². The van der Waals surface area contributed by atoms with Crippen LogP contribution in [0, 0.1) is 0 Å². The van der Waals surface area contributed by atoms with Crippen molar-refractivity contribution in [3.63, 3.8) is 0 Å². The predicted octanol–water partition coefficient (Wildman–Crippen LogP) is 5.24. The van der Waals surface area contributed by atoms with Gasteiger partial charge in [0.25, 0.3) is 0 Å². The first-order valence-corrected chi connectivity index (χ1v) is 7.14. The first kappa shape index (κ1) is 12.7. The van der Waals surface area contributed by atoms with Crippen LogP contribution in [-0.2, 0) is 0 Å². The molecule has 0 aliphatic carbocycles. The van der Waals surface area contributed by atoms with Crippen LogP contribution in [0.4, 0.5) is 11.4 Å². The highest BCUT2D eigenvalue weighted by Crippen LogP contribution is 2.33. The van der Waals surface area contributed by atoms with Crippen molar-refractivity contribution in [2.75, 3.05) is 5.32 Å². The van der Waals surface area contributed by atoms with Gasteiger partial charge in [0.15, 0.2) is 5.58 Å². The molecule has 22 heavy (non-hydrogen) atoms. The van der Waals surface area contributed by atoms with Crippen molar-refractivity contribution in [1.29, 1.82) is 0 Å². The van der Waals surface area contributed by atoms with Gasteiger partial charge < -0.3 is 9.73 Å². The molecular formula is C19H14N2O. The average Bonchev–Trinajstić information content (AvgIpc) is 2.99. The Balaban J connectivity index is 1.78. The minimum absolute atomic E-state index is 0.780. The fourth-order valence-corrected chi connectivity index (χ4v) is 2.59. The monoisotopic (exact) mass is 286 g/mol. The van der Waals surface area contributed by atoms with Gasteiger partial charge in [-0.1, -0.05) is 48.5 Å². The molecule has 1 N–H and O–H groups in total. The Morgan fingerprint density at radius 2 is 1.64 bits per heavy atom. The van der Waals surface area contributed by atoms with E-state index in [4.69, 9.17) is 4.42 Å². The zero-order chi connectivity index (χ0) is 14.8. The summed E-state index contributed by atoms with van der Waals surface area (Å²) in [5, 5.41) is 4.50. The lowest BCUT2D eigenvalue weighted by Gasteiger charge is -2.11. The summed E-state index contributed by atoms with van der Waals surface area (Å²) in [5.74, 6) is 0. The third-order valence-electron chi connectivity index (χ3n) is 3.66. The Bertz CT molecular complexity index is 913. The summed E-state index contributed by atoms with van der Waals surface area (Å²) in [6, 6.07) is 20.5. The van der Waals surface area contributed by atoms with E-state index in [2.05, 4.69) is 34.6 Å². The molecule has 0 saturated heterocycles. The summed E-state index contributed by atoms with van der Waals surface area (Å²) in [5.41, 5.74) is 5.11. The maximum atomic E-state index is 5.54. The van der Waals surface area contributed by atoms with Crippen molar-refractivity contribution in [1.82, 2.24) is 4.98 Å². The summed E-state index contributed by atoms with van der Waals surface area (Å²) in [4.78, 5) is 4.08. The number of hydrogen-bond donors (Lipinski definition) is 1. The molecule has 3 heteroatoms. The number of pyridine rings is 1. The molecule has 0 spiro atoms. The number of benzene rings is 2. The number of hydrogen-bond acceptors (Lipinski definition) is 3. The highest BCUT2D eigenvalue weighted by molar-refractivity contribution is 5.93. The lowest BCUT2D eigenvalue weighted by Crippen LogP contribution is -1.92. The van der Waals surface area contributed by atoms with Crippen molar-refractivity contribution in [2.45, 2.75) is 0 Å². The summed E-state index contributed by atoms with van der Waals surface area (Å²) in [7, 11) is 0. The van der Waals surface area contributed by atoms with Crippen LogP contribution in [0.25, 0.3) is 22.1 Å². The summed E-state index contributed by atoms with van der Waals surface area (Å²) in [6.45, 7) is 0. The van der Waals surface area contributed by atoms with Crippen molar-refractivity contribution < 1.29 is 4.42 Å². The zero-order valence-corrected chi connectivity index (χ0v) is 11.9. The molecule has 4 rings (SSSR count). The van der Waals surface area contributed by atoms with E-state index in [-0.39, 0.29) is 0 Å². The number of nitrogens with zero attached hydrogens (tertiary/aromatic N) is 1. The quantitative estimate of drug-likeness (QED) is 0.559. The minimum Gasteiger partial charge on any atom is -0.460 e. The molecule has 0 saturated carbocycles. The number of para-hydroxylation sites is 1. The predicted molar refractivity (Wildman–Crippen MR) is 89.2 cm³/mol. The Kier molecular flexibility index (Phi) is 3.09. The van der Waals surface area contributed by atoms with Crippen molar-refractivity contribution in [2.24, 2.45) is 0 Å². The standard InChI is InChI=1S/C19H14N2O/c1-2-6-14(7-3-1)15-8-4-5-9-17(15)21-18-13-22-19-12-20-11-10-16(18)19/h1-13,21H.